The summed E-state index contributed by atoms with van der Waals surface area (Å²) in [6, 6.07) is 0. The first-order valence-electron chi connectivity index (χ1n) is 5.25. The van der Waals surface area contributed by atoms with Gasteiger partial charge in [-0.3, -0.25) is 4.90 Å². The highest BCUT2D eigenvalue weighted by Crippen LogP contribution is 2.07. The van der Waals surface area contributed by atoms with Crippen LogP contribution in [0.3, 0.4) is 0 Å². The van der Waals surface area contributed by atoms with Gasteiger partial charge in [0.25, 0.3) is 0 Å². The van der Waals surface area contributed by atoms with Crippen LogP contribution in [0, 0.1) is 0 Å². The first-order chi connectivity index (χ1) is 6.70. The standard InChI is InChI=1S/C11H19NO2/c1-10(2)11(13)14-9-8-12-6-4-3-5-7-12/h1,3-9H2,2H3. The molecule has 0 atom stereocenters. The van der Waals surface area contributed by atoms with Gasteiger partial charge < -0.3 is 4.74 Å². The molecule has 1 saturated heterocycles. The van der Waals surface area contributed by atoms with E-state index in [1.165, 1.54) is 19.3 Å². The van der Waals surface area contributed by atoms with Crippen molar-refractivity contribution >= 4 is 5.97 Å². The SMILES string of the molecule is C=C(C)C(=O)OCCN1CCCCC1. The number of carbonyl (C=O) groups is 1. The van der Waals surface area contributed by atoms with E-state index >= 15 is 0 Å². The highest BCUT2D eigenvalue weighted by Gasteiger charge is 2.10. The number of piperidine rings is 1. The number of rotatable bonds is 4. The Bertz CT molecular complexity index is 207. The van der Waals surface area contributed by atoms with E-state index < -0.39 is 0 Å². The third-order valence-electron chi connectivity index (χ3n) is 2.44. The minimum Gasteiger partial charge on any atom is -0.461 e. The molecule has 0 aromatic rings. The van der Waals surface area contributed by atoms with Crippen LogP contribution in [-0.2, 0) is 9.53 Å². The summed E-state index contributed by atoms with van der Waals surface area (Å²) in [7, 11) is 0. The predicted octanol–water partition coefficient (Wildman–Crippen LogP) is 1.59. The van der Waals surface area contributed by atoms with Gasteiger partial charge in [-0.25, -0.2) is 4.79 Å². The number of hydrogen-bond acceptors (Lipinski definition) is 3. The van der Waals surface area contributed by atoms with Gasteiger partial charge in [0.05, 0.1) is 0 Å². The normalized spacial score (nSPS) is 17.8. The molecule has 3 heteroatoms. The number of likely N-dealkylation sites (tertiary alicyclic amines) is 1. The third kappa shape index (κ3) is 3.92. The monoisotopic (exact) mass is 197 g/mol. The Morgan fingerprint density at radius 3 is 2.57 bits per heavy atom. The van der Waals surface area contributed by atoms with Crippen molar-refractivity contribution < 1.29 is 9.53 Å². The smallest absolute Gasteiger partial charge is 0.333 e. The number of carbonyl (C=O) groups excluding carboxylic acids is 1. The average molecular weight is 197 g/mol. The van der Waals surface area contributed by atoms with E-state index in [-0.39, 0.29) is 5.97 Å². The van der Waals surface area contributed by atoms with Crippen molar-refractivity contribution in [3.8, 4) is 0 Å². The zero-order valence-corrected chi connectivity index (χ0v) is 8.92. The molecule has 1 aliphatic heterocycles. The summed E-state index contributed by atoms with van der Waals surface area (Å²) in [5, 5.41) is 0. The van der Waals surface area contributed by atoms with Crippen molar-refractivity contribution in [2.24, 2.45) is 0 Å². The molecule has 1 fully saturated rings. The van der Waals surface area contributed by atoms with Gasteiger partial charge in [-0.1, -0.05) is 13.0 Å². The van der Waals surface area contributed by atoms with E-state index in [1.54, 1.807) is 6.92 Å². The molecule has 0 amide bonds. The third-order valence-corrected chi connectivity index (χ3v) is 2.44. The van der Waals surface area contributed by atoms with Crippen molar-refractivity contribution in [2.45, 2.75) is 26.2 Å². The first-order valence-corrected chi connectivity index (χ1v) is 5.25. The van der Waals surface area contributed by atoms with E-state index in [0.29, 0.717) is 12.2 Å². The molecule has 0 radical (unpaired) electrons. The number of esters is 1. The summed E-state index contributed by atoms with van der Waals surface area (Å²) in [6.07, 6.45) is 3.88. The zero-order chi connectivity index (χ0) is 10.4. The highest BCUT2D eigenvalue weighted by atomic mass is 16.5. The Kier molecular flexibility index (Phi) is 4.66. The van der Waals surface area contributed by atoms with Gasteiger partial charge in [0.1, 0.15) is 6.61 Å². The molecular formula is C11H19NO2. The van der Waals surface area contributed by atoms with Gasteiger partial charge in [0, 0.05) is 12.1 Å². The molecule has 1 heterocycles. The minimum atomic E-state index is -0.276. The van der Waals surface area contributed by atoms with Crippen molar-refractivity contribution in [1.29, 1.82) is 0 Å². The van der Waals surface area contributed by atoms with E-state index in [9.17, 15) is 4.79 Å². The summed E-state index contributed by atoms with van der Waals surface area (Å²) in [4.78, 5) is 13.4. The lowest BCUT2D eigenvalue weighted by Crippen LogP contribution is -2.33. The predicted molar refractivity (Wildman–Crippen MR) is 56.1 cm³/mol. The Morgan fingerprint density at radius 1 is 1.36 bits per heavy atom. The van der Waals surface area contributed by atoms with Gasteiger partial charge in [-0.15, -0.1) is 0 Å². The maximum absolute atomic E-state index is 11.0. The lowest BCUT2D eigenvalue weighted by atomic mass is 10.1. The largest absolute Gasteiger partial charge is 0.461 e. The Morgan fingerprint density at radius 2 is 2.00 bits per heavy atom. The van der Waals surface area contributed by atoms with Crippen LogP contribution in [0.25, 0.3) is 0 Å². The second-order valence-electron chi connectivity index (χ2n) is 3.82. The van der Waals surface area contributed by atoms with Gasteiger partial charge in [0.2, 0.25) is 0 Å². The molecule has 0 aromatic carbocycles. The minimum absolute atomic E-state index is 0.276. The fourth-order valence-corrected chi connectivity index (χ4v) is 1.57. The molecule has 0 bridgehead atoms. The molecule has 0 saturated carbocycles. The van der Waals surface area contributed by atoms with Gasteiger partial charge in [0.15, 0.2) is 0 Å². The maximum atomic E-state index is 11.0. The number of ether oxygens (including phenoxy) is 1. The Hall–Kier alpha value is -0.830. The maximum Gasteiger partial charge on any atom is 0.333 e. The van der Waals surface area contributed by atoms with Gasteiger partial charge in [-0.05, 0) is 32.9 Å². The molecule has 1 rings (SSSR count). The molecule has 14 heavy (non-hydrogen) atoms. The van der Waals surface area contributed by atoms with E-state index in [0.717, 1.165) is 19.6 Å². The first kappa shape index (κ1) is 11.2. The quantitative estimate of drug-likeness (QED) is 0.506. The van der Waals surface area contributed by atoms with Crippen LogP contribution in [0.15, 0.2) is 12.2 Å². The number of nitrogens with zero attached hydrogens (tertiary/aromatic N) is 1. The van der Waals surface area contributed by atoms with Crippen LogP contribution >= 0.6 is 0 Å². The van der Waals surface area contributed by atoms with Crippen LogP contribution in [0.5, 0.6) is 0 Å². The van der Waals surface area contributed by atoms with Crippen LogP contribution in [0.4, 0.5) is 0 Å². The summed E-state index contributed by atoms with van der Waals surface area (Å²) >= 11 is 0. The van der Waals surface area contributed by atoms with Crippen LogP contribution in [0.1, 0.15) is 26.2 Å². The van der Waals surface area contributed by atoms with Crippen molar-refractivity contribution in [3.05, 3.63) is 12.2 Å². The summed E-state index contributed by atoms with van der Waals surface area (Å²) < 4.78 is 5.03. The van der Waals surface area contributed by atoms with Crippen molar-refractivity contribution in [3.63, 3.8) is 0 Å². The topological polar surface area (TPSA) is 29.5 Å². The summed E-state index contributed by atoms with van der Waals surface area (Å²) in [5.41, 5.74) is 0.476. The lowest BCUT2D eigenvalue weighted by Gasteiger charge is -2.25. The van der Waals surface area contributed by atoms with Crippen LogP contribution in [-0.4, -0.2) is 37.1 Å². The fourth-order valence-electron chi connectivity index (χ4n) is 1.57. The second kappa shape index (κ2) is 5.81. The Balaban J connectivity index is 2.08. The fraction of sp³-hybridized carbons (Fsp3) is 0.727. The molecule has 3 nitrogen and oxygen atoms in total. The summed E-state index contributed by atoms with van der Waals surface area (Å²) in [6.45, 7) is 8.84. The van der Waals surface area contributed by atoms with Crippen molar-refractivity contribution in [1.82, 2.24) is 4.90 Å². The lowest BCUT2D eigenvalue weighted by molar-refractivity contribution is -0.139. The van der Waals surface area contributed by atoms with E-state index in [1.807, 2.05) is 0 Å². The molecule has 1 aliphatic rings. The summed E-state index contributed by atoms with van der Waals surface area (Å²) in [5.74, 6) is -0.276. The highest BCUT2D eigenvalue weighted by molar-refractivity contribution is 5.86. The Labute approximate surface area is 85.7 Å². The molecule has 0 N–H and O–H groups in total. The molecule has 0 aromatic heterocycles. The number of hydrogen-bond donors (Lipinski definition) is 0. The van der Waals surface area contributed by atoms with Gasteiger partial charge in [-0.2, -0.15) is 0 Å². The molecule has 0 spiro atoms. The molecule has 0 unspecified atom stereocenters. The van der Waals surface area contributed by atoms with E-state index in [2.05, 4.69) is 11.5 Å². The van der Waals surface area contributed by atoms with Gasteiger partial charge >= 0.3 is 5.97 Å². The average Bonchev–Trinajstić information content (AvgIpc) is 2.19. The molecular weight excluding hydrogens is 178 g/mol. The molecule has 0 aliphatic carbocycles. The van der Waals surface area contributed by atoms with Crippen LogP contribution in [0.2, 0.25) is 0 Å². The van der Waals surface area contributed by atoms with E-state index in [4.69, 9.17) is 4.74 Å². The zero-order valence-electron chi connectivity index (χ0n) is 8.92. The van der Waals surface area contributed by atoms with Crippen LogP contribution < -0.4 is 0 Å². The van der Waals surface area contributed by atoms with Crippen molar-refractivity contribution in [2.75, 3.05) is 26.2 Å². The molecule has 80 valence electrons. The second-order valence-corrected chi connectivity index (χ2v) is 3.82.